The Balaban J connectivity index is 1.99. The van der Waals surface area contributed by atoms with Crippen molar-refractivity contribution in [2.45, 2.75) is 25.9 Å². The molecule has 1 fully saturated rings. The molecular weight excluding hydrogens is 226 g/mol. The molecule has 1 saturated heterocycles. The molecule has 0 bridgehead atoms. The van der Waals surface area contributed by atoms with Crippen molar-refractivity contribution in [2.75, 3.05) is 26.8 Å². The van der Waals surface area contributed by atoms with Crippen LogP contribution in [0.25, 0.3) is 0 Å². The van der Waals surface area contributed by atoms with E-state index in [0.717, 1.165) is 38.3 Å². The Morgan fingerprint density at radius 3 is 2.78 bits per heavy atom. The van der Waals surface area contributed by atoms with E-state index in [1.165, 1.54) is 5.56 Å². The third-order valence-corrected chi connectivity index (χ3v) is 3.36. The zero-order valence-electron chi connectivity index (χ0n) is 11.3. The van der Waals surface area contributed by atoms with Gasteiger partial charge >= 0.3 is 0 Å². The maximum absolute atomic E-state index is 5.84. The van der Waals surface area contributed by atoms with Gasteiger partial charge in [0.15, 0.2) is 0 Å². The molecule has 100 valence electrons. The smallest absolute Gasteiger partial charge is 0.119 e. The summed E-state index contributed by atoms with van der Waals surface area (Å²) in [5, 5.41) is 3.24. The van der Waals surface area contributed by atoms with Crippen LogP contribution in [0.1, 0.15) is 31.4 Å². The number of hydrogen-bond donors (Lipinski definition) is 1. The minimum absolute atomic E-state index is 0.234. The minimum Gasteiger partial charge on any atom is -0.494 e. The third kappa shape index (κ3) is 3.24. The summed E-state index contributed by atoms with van der Waals surface area (Å²) < 4.78 is 11.4. The van der Waals surface area contributed by atoms with Crippen molar-refractivity contribution in [3.05, 3.63) is 29.8 Å². The summed E-state index contributed by atoms with van der Waals surface area (Å²) in [6, 6.07) is 8.35. The maximum atomic E-state index is 5.84. The summed E-state index contributed by atoms with van der Waals surface area (Å²) in [4.78, 5) is 0. The second-order valence-corrected chi connectivity index (χ2v) is 4.82. The number of rotatable bonds is 6. The van der Waals surface area contributed by atoms with E-state index in [1.54, 1.807) is 0 Å². The van der Waals surface area contributed by atoms with Crippen LogP contribution >= 0.6 is 0 Å². The minimum atomic E-state index is 0.234. The molecule has 0 aromatic heterocycles. The van der Waals surface area contributed by atoms with Gasteiger partial charge in [0.05, 0.1) is 12.7 Å². The molecule has 1 aromatic rings. The predicted molar refractivity (Wildman–Crippen MR) is 73.0 cm³/mol. The molecule has 0 aliphatic carbocycles. The monoisotopic (exact) mass is 249 g/mol. The van der Waals surface area contributed by atoms with Crippen molar-refractivity contribution in [1.82, 2.24) is 5.32 Å². The molecule has 1 aromatic carbocycles. The summed E-state index contributed by atoms with van der Waals surface area (Å²) in [7, 11) is 2.00. The van der Waals surface area contributed by atoms with E-state index in [-0.39, 0.29) is 6.10 Å². The molecule has 1 aliphatic heterocycles. The average molecular weight is 249 g/mol. The normalized spacial score (nSPS) is 23.2. The highest BCUT2D eigenvalue weighted by Crippen LogP contribution is 2.34. The van der Waals surface area contributed by atoms with Crippen molar-refractivity contribution < 1.29 is 9.47 Å². The molecule has 2 rings (SSSR count). The lowest BCUT2D eigenvalue weighted by Gasteiger charge is -2.18. The first-order valence-electron chi connectivity index (χ1n) is 6.84. The van der Waals surface area contributed by atoms with Crippen LogP contribution < -0.4 is 10.1 Å². The van der Waals surface area contributed by atoms with Crippen molar-refractivity contribution in [1.29, 1.82) is 0 Å². The maximum Gasteiger partial charge on any atom is 0.119 e. The molecule has 3 heteroatoms. The average Bonchev–Trinajstić information content (AvgIpc) is 2.86. The number of hydrogen-bond acceptors (Lipinski definition) is 3. The standard InChI is InChI=1S/C15H23NO2/c1-3-9-17-14-6-4-12(5-7-14)15-13(11-16-2)8-10-18-15/h4-7,13,15-16H,3,8-11H2,1-2H3. The second kappa shape index (κ2) is 6.76. The fourth-order valence-corrected chi connectivity index (χ4v) is 2.45. The Hall–Kier alpha value is -1.06. The molecule has 18 heavy (non-hydrogen) atoms. The van der Waals surface area contributed by atoms with Gasteiger partial charge in [0.1, 0.15) is 5.75 Å². The fraction of sp³-hybridized carbons (Fsp3) is 0.600. The number of nitrogens with one attached hydrogen (secondary N) is 1. The van der Waals surface area contributed by atoms with Gasteiger partial charge in [-0.05, 0) is 37.6 Å². The summed E-state index contributed by atoms with van der Waals surface area (Å²) in [5.41, 5.74) is 1.26. The Morgan fingerprint density at radius 1 is 1.33 bits per heavy atom. The van der Waals surface area contributed by atoms with Crippen LogP contribution in [-0.2, 0) is 4.74 Å². The number of benzene rings is 1. The van der Waals surface area contributed by atoms with E-state index in [4.69, 9.17) is 9.47 Å². The Bertz CT molecular complexity index is 350. The van der Waals surface area contributed by atoms with Crippen molar-refractivity contribution in [2.24, 2.45) is 5.92 Å². The van der Waals surface area contributed by atoms with E-state index in [0.29, 0.717) is 5.92 Å². The van der Waals surface area contributed by atoms with Crippen LogP contribution in [0.5, 0.6) is 5.75 Å². The fourth-order valence-electron chi connectivity index (χ4n) is 2.45. The summed E-state index contributed by atoms with van der Waals surface area (Å²) in [6.45, 7) is 4.77. The van der Waals surface area contributed by atoms with Crippen LogP contribution in [0.3, 0.4) is 0 Å². The van der Waals surface area contributed by atoms with Gasteiger partial charge in [-0.1, -0.05) is 19.1 Å². The lowest BCUT2D eigenvalue weighted by Crippen LogP contribution is -2.21. The molecule has 1 heterocycles. The molecule has 2 atom stereocenters. The van der Waals surface area contributed by atoms with E-state index < -0.39 is 0 Å². The predicted octanol–water partition coefficient (Wildman–Crippen LogP) is 2.77. The Labute approximate surface area is 109 Å². The van der Waals surface area contributed by atoms with Gasteiger partial charge in [0, 0.05) is 19.1 Å². The molecule has 0 spiro atoms. The molecule has 2 unspecified atom stereocenters. The van der Waals surface area contributed by atoms with Crippen LogP contribution in [0.4, 0.5) is 0 Å². The summed E-state index contributed by atoms with van der Waals surface area (Å²) in [5.74, 6) is 1.53. The SMILES string of the molecule is CCCOc1ccc(C2OCCC2CNC)cc1. The lowest BCUT2D eigenvalue weighted by molar-refractivity contribution is 0.0909. The molecule has 1 N–H and O–H groups in total. The quantitative estimate of drug-likeness (QED) is 0.841. The second-order valence-electron chi connectivity index (χ2n) is 4.82. The Kier molecular flexibility index (Phi) is 5.02. The van der Waals surface area contributed by atoms with Crippen LogP contribution in [0.15, 0.2) is 24.3 Å². The van der Waals surface area contributed by atoms with E-state index >= 15 is 0 Å². The largest absolute Gasteiger partial charge is 0.494 e. The van der Waals surface area contributed by atoms with Gasteiger partial charge < -0.3 is 14.8 Å². The van der Waals surface area contributed by atoms with Gasteiger partial charge in [-0.2, -0.15) is 0 Å². The molecule has 0 amide bonds. The molecule has 0 radical (unpaired) electrons. The molecule has 3 nitrogen and oxygen atoms in total. The van der Waals surface area contributed by atoms with Crippen LogP contribution in [-0.4, -0.2) is 26.8 Å². The lowest BCUT2D eigenvalue weighted by atomic mass is 9.95. The van der Waals surface area contributed by atoms with Crippen LogP contribution in [0.2, 0.25) is 0 Å². The van der Waals surface area contributed by atoms with E-state index in [9.17, 15) is 0 Å². The first kappa shape index (κ1) is 13.4. The zero-order chi connectivity index (χ0) is 12.8. The molecule has 1 aliphatic rings. The van der Waals surface area contributed by atoms with Crippen molar-refractivity contribution in [3.63, 3.8) is 0 Å². The number of ether oxygens (including phenoxy) is 2. The van der Waals surface area contributed by atoms with Gasteiger partial charge in [-0.15, -0.1) is 0 Å². The van der Waals surface area contributed by atoms with Crippen molar-refractivity contribution >= 4 is 0 Å². The van der Waals surface area contributed by atoms with Gasteiger partial charge in [-0.25, -0.2) is 0 Å². The summed E-state index contributed by atoms with van der Waals surface area (Å²) >= 11 is 0. The van der Waals surface area contributed by atoms with Crippen molar-refractivity contribution in [3.8, 4) is 5.75 Å². The highest BCUT2D eigenvalue weighted by Gasteiger charge is 2.28. The van der Waals surface area contributed by atoms with Gasteiger partial charge in [0.25, 0.3) is 0 Å². The highest BCUT2D eigenvalue weighted by molar-refractivity contribution is 5.29. The summed E-state index contributed by atoms with van der Waals surface area (Å²) in [6.07, 6.45) is 2.41. The Morgan fingerprint density at radius 2 is 2.11 bits per heavy atom. The topological polar surface area (TPSA) is 30.5 Å². The van der Waals surface area contributed by atoms with Gasteiger partial charge in [0.2, 0.25) is 0 Å². The third-order valence-electron chi connectivity index (χ3n) is 3.36. The van der Waals surface area contributed by atoms with E-state index in [2.05, 4.69) is 24.4 Å². The zero-order valence-corrected chi connectivity index (χ0v) is 11.3. The van der Waals surface area contributed by atoms with Crippen LogP contribution in [0, 0.1) is 5.92 Å². The first-order valence-corrected chi connectivity index (χ1v) is 6.84. The van der Waals surface area contributed by atoms with E-state index in [1.807, 2.05) is 19.2 Å². The first-order chi connectivity index (χ1) is 8.85. The molecule has 0 saturated carbocycles. The van der Waals surface area contributed by atoms with Gasteiger partial charge in [-0.3, -0.25) is 0 Å². The highest BCUT2D eigenvalue weighted by atomic mass is 16.5. The molecular formula is C15H23NO2.